The number of nitrogens with one attached hydrogen (secondary N) is 1. The number of rotatable bonds is 6. The van der Waals surface area contributed by atoms with Crippen molar-refractivity contribution in [3.05, 3.63) is 72.2 Å². The monoisotopic (exact) mass is 309 g/mol. The number of hydrogen-bond acceptors (Lipinski definition) is 3. The summed E-state index contributed by atoms with van der Waals surface area (Å²) in [6.07, 6.45) is 1.59. The predicted molar refractivity (Wildman–Crippen MR) is 88.9 cm³/mol. The van der Waals surface area contributed by atoms with Crippen LogP contribution in [0.2, 0.25) is 0 Å². The van der Waals surface area contributed by atoms with Crippen molar-refractivity contribution in [2.45, 2.75) is 18.9 Å². The van der Waals surface area contributed by atoms with Gasteiger partial charge in [0.05, 0.1) is 12.7 Å². The average Bonchev–Trinajstić information content (AvgIpc) is 3.10. The molecule has 3 aromatic rings. The van der Waals surface area contributed by atoms with Gasteiger partial charge in [-0.05, 0) is 34.9 Å². The Bertz CT molecular complexity index is 775. The largest absolute Gasteiger partial charge is 0.467 e. The second-order valence-electron chi connectivity index (χ2n) is 5.48. The molecule has 4 nitrogen and oxygen atoms in total. The molecule has 2 aromatic carbocycles. The molecule has 0 saturated carbocycles. The van der Waals surface area contributed by atoms with Crippen LogP contribution in [-0.2, 0) is 11.2 Å². The highest BCUT2D eigenvalue weighted by molar-refractivity contribution is 5.90. The van der Waals surface area contributed by atoms with Gasteiger partial charge < -0.3 is 14.8 Å². The van der Waals surface area contributed by atoms with Gasteiger partial charge in [-0.2, -0.15) is 0 Å². The third kappa shape index (κ3) is 3.79. The fourth-order valence-electron chi connectivity index (χ4n) is 2.65. The number of benzene rings is 2. The minimum absolute atomic E-state index is 0.0482. The topological polar surface area (TPSA) is 62.5 Å². The van der Waals surface area contributed by atoms with Crippen LogP contribution in [0.1, 0.15) is 23.8 Å². The number of aliphatic hydroxyl groups excluding tert-OH is 1. The molecule has 0 radical (unpaired) electrons. The highest BCUT2D eigenvalue weighted by atomic mass is 16.4. The Hall–Kier alpha value is -2.59. The molecule has 1 amide bonds. The van der Waals surface area contributed by atoms with Crippen LogP contribution in [0.4, 0.5) is 0 Å². The third-order valence-corrected chi connectivity index (χ3v) is 3.84. The van der Waals surface area contributed by atoms with E-state index in [1.165, 1.54) is 6.26 Å². The Morgan fingerprint density at radius 1 is 1.09 bits per heavy atom. The second kappa shape index (κ2) is 7.11. The summed E-state index contributed by atoms with van der Waals surface area (Å²) < 4.78 is 5.13. The first kappa shape index (κ1) is 15.3. The van der Waals surface area contributed by atoms with E-state index >= 15 is 0 Å². The van der Waals surface area contributed by atoms with Crippen LogP contribution in [0.3, 0.4) is 0 Å². The molecule has 1 unspecified atom stereocenters. The van der Waals surface area contributed by atoms with Gasteiger partial charge in [0.1, 0.15) is 11.9 Å². The van der Waals surface area contributed by atoms with Gasteiger partial charge in [-0.15, -0.1) is 0 Å². The van der Waals surface area contributed by atoms with E-state index in [4.69, 9.17) is 4.42 Å². The van der Waals surface area contributed by atoms with Crippen LogP contribution in [0.25, 0.3) is 10.8 Å². The number of fused-ring (bicyclic) bond motifs is 1. The average molecular weight is 309 g/mol. The number of amides is 1. The Morgan fingerprint density at radius 2 is 1.91 bits per heavy atom. The molecule has 23 heavy (non-hydrogen) atoms. The Morgan fingerprint density at radius 3 is 2.74 bits per heavy atom. The second-order valence-corrected chi connectivity index (χ2v) is 5.48. The van der Waals surface area contributed by atoms with E-state index in [1.807, 2.05) is 42.5 Å². The number of aliphatic hydroxyl groups is 1. The molecule has 0 bridgehead atoms. The lowest BCUT2D eigenvalue weighted by Gasteiger charge is -2.10. The van der Waals surface area contributed by atoms with E-state index < -0.39 is 6.10 Å². The summed E-state index contributed by atoms with van der Waals surface area (Å²) in [4.78, 5) is 12.1. The maximum atomic E-state index is 12.1. The van der Waals surface area contributed by atoms with Crippen LogP contribution < -0.4 is 5.32 Å². The van der Waals surface area contributed by atoms with Gasteiger partial charge >= 0.3 is 0 Å². The van der Waals surface area contributed by atoms with Crippen LogP contribution >= 0.6 is 0 Å². The third-order valence-electron chi connectivity index (χ3n) is 3.84. The Labute approximate surface area is 134 Å². The van der Waals surface area contributed by atoms with E-state index in [1.54, 1.807) is 12.1 Å². The standard InChI is InChI=1S/C19H19NO3/c21-17(18-9-4-12-23-18)10-11-20-19(22)13-15-7-3-6-14-5-1-2-8-16(14)15/h1-9,12,17,21H,10-11,13H2,(H,20,22). The first-order valence-corrected chi connectivity index (χ1v) is 7.69. The van der Waals surface area contributed by atoms with Crippen molar-refractivity contribution in [1.82, 2.24) is 5.32 Å². The lowest BCUT2D eigenvalue weighted by Crippen LogP contribution is -2.27. The zero-order valence-electron chi connectivity index (χ0n) is 12.7. The Kier molecular flexibility index (Phi) is 4.74. The lowest BCUT2D eigenvalue weighted by atomic mass is 10.0. The summed E-state index contributed by atoms with van der Waals surface area (Å²) in [6, 6.07) is 17.5. The molecule has 0 spiro atoms. The number of carbonyl (C=O) groups is 1. The molecule has 0 aliphatic rings. The van der Waals surface area contributed by atoms with E-state index in [2.05, 4.69) is 5.32 Å². The smallest absolute Gasteiger partial charge is 0.224 e. The summed E-state index contributed by atoms with van der Waals surface area (Å²) in [6.45, 7) is 0.408. The fraction of sp³-hybridized carbons (Fsp3) is 0.211. The first-order valence-electron chi connectivity index (χ1n) is 7.69. The van der Waals surface area contributed by atoms with E-state index in [0.717, 1.165) is 16.3 Å². The molecule has 4 heteroatoms. The van der Waals surface area contributed by atoms with Gasteiger partial charge in [0, 0.05) is 6.54 Å². The van der Waals surface area contributed by atoms with Crippen LogP contribution in [0, 0.1) is 0 Å². The molecule has 0 saturated heterocycles. The molecule has 2 N–H and O–H groups in total. The molecule has 118 valence electrons. The van der Waals surface area contributed by atoms with E-state index in [-0.39, 0.29) is 5.91 Å². The van der Waals surface area contributed by atoms with Gasteiger partial charge in [-0.25, -0.2) is 0 Å². The maximum absolute atomic E-state index is 12.1. The maximum Gasteiger partial charge on any atom is 0.224 e. The molecule has 0 aliphatic heterocycles. The fourth-order valence-corrected chi connectivity index (χ4v) is 2.65. The first-order chi connectivity index (χ1) is 11.2. The van der Waals surface area contributed by atoms with E-state index in [9.17, 15) is 9.90 Å². The SMILES string of the molecule is O=C(Cc1cccc2ccccc12)NCCC(O)c1ccco1. The van der Waals surface area contributed by atoms with Crippen molar-refractivity contribution >= 4 is 16.7 Å². The van der Waals surface area contributed by atoms with Crippen LogP contribution in [0.15, 0.2) is 65.3 Å². The minimum atomic E-state index is -0.692. The van der Waals surface area contributed by atoms with Crippen molar-refractivity contribution in [1.29, 1.82) is 0 Å². The van der Waals surface area contributed by atoms with Gasteiger partial charge in [0.15, 0.2) is 0 Å². The van der Waals surface area contributed by atoms with Gasteiger partial charge in [-0.1, -0.05) is 42.5 Å². The molecule has 0 aliphatic carbocycles. The molecule has 0 fully saturated rings. The zero-order valence-corrected chi connectivity index (χ0v) is 12.7. The number of furan rings is 1. The Balaban J connectivity index is 1.55. The van der Waals surface area contributed by atoms with Crippen molar-refractivity contribution in [3.63, 3.8) is 0 Å². The van der Waals surface area contributed by atoms with E-state index in [0.29, 0.717) is 25.1 Å². The summed E-state index contributed by atoms with van der Waals surface area (Å²) >= 11 is 0. The highest BCUT2D eigenvalue weighted by Gasteiger charge is 2.11. The van der Waals surface area contributed by atoms with Gasteiger partial charge in [0.2, 0.25) is 5.91 Å². The quantitative estimate of drug-likeness (QED) is 0.735. The van der Waals surface area contributed by atoms with Crippen molar-refractivity contribution in [2.24, 2.45) is 0 Å². The van der Waals surface area contributed by atoms with Crippen molar-refractivity contribution < 1.29 is 14.3 Å². The summed E-state index contributed by atoms with van der Waals surface area (Å²) in [5, 5.41) is 15.0. The summed E-state index contributed by atoms with van der Waals surface area (Å²) in [7, 11) is 0. The molecule has 1 heterocycles. The van der Waals surface area contributed by atoms with Crippen LogP contribution in [-0.4, -0.2) is 17.6 Å². The molecular weight excluding hydrogens is 290 g/mol. The number of hydrogen-bond donors (Lipinski definition) is 2. The molecular formula is C19H19NO3. The summed E-state index contributed by atoms with van der Waals surface area (Å²) in [5.41, 5.74) is 1.01. The minimum Gasteiger partial charge on any atom is -0.467 e. The normalized spacial score (nSPS) is 12.2. The van der Waals surface area contributed by atoms with Gasteiger partial charge in [0.25, 0.3) is 0 Å². The zero-order chi connectivity index (χ0) is 16.1. The number of carbonyl (C=O) groups excluding carboxylic acids is 1. The molecule has 1 atom stereocenters. The lowest BCUT2D eigenvalue weighted by molar-refractivity contribution is -0.120. The van der Waals surface area contributed by atoms with Crippen molar-refractivity contribution in [2.75, 3.05) is 6.54 Å². The van der Waals surface area contributed by atoms with Crippen molar-refractivity contribution in [3.8, 4) is 0 Å². The summed E-state index contributed by atoms with van der Waals surface area (Å²) in [5.74, 6) is 0.473. The highest BCUT2D eigenvalue weighted by Crippen LogP contribution is 2.19. The molecule has 3 rings (SSSR count). The van der Waals surface area contributed by atoms with Crippen LogP contribution in [0.5, 0.6) is 0 Å². The predicted octanol–water partition coefficient (Wildman–Crippen LogP) is 3.22. The van der Waals surface area contributed by atoms with Gasteiger partial charge in [-0.3, -0.25) is 4.79 Å². The molecule has 1 aromatic heterocycles.